The van der Waals surface area contributed by atoms with Crippen molar-refractivity contribution < 1.29 is 9.90 Å². The summed E-state index contributed by atoms with van der Waals surface area (Å²) in [5.41, 5.74) is 2.56. The van der Waals surface area contributed by atoms with E-state index in [1.165, 1.54) is 23.0 Å². The van der Waals surface area contributed by atoms with E-state index in [9.17, 15) is 9.90 Å². The van der Waals surface area contributed by atoms with E-state index < -0.39 is 0 Å². The van der Waals surface area contributed by atoms with Gasteiger partial charge >= 0.3 is 0 Å². The summed E-state index contributed by atoms with van der Waals surface area (Å²) < 4.78 is 0. The van der Waals surface area contributed by atoms with E-state index >= 15 is 0 Å². The molecule has 124 valence electrons. The van der Waals surface area contributed by atoms with Crippen LogP contribution in [0.25, 0.3) is 10.2 Å². The van der Waals surface area contributed by atoms with Gasteiger partial charge in [0.1, 0.15) is 21.9 Å². The van der Waals surface area contributed by atoms with Crippen LogP contribution in [0.2, 0.25) is 0 Å². The molecule has 5 nitrogen and oxygen atoms in total. The third kappa shape index (κ3) is 3.37. The van der Waals surface area contributed by atoms with Crippen molar-refractivity contribution in [2.24, 2.45) is 0 Å². The number of benzene rings is 1. The van der Waals surface area contributed by atoms with Crippen LogP contribution in [0.15, 0.2) is 29.6 Å². The standard InChI is InChI=1S/C17H17N3O2S2/c1-9-4-5-13(21)12(6-9)20-14(22)7-23-16-15-10(2)11(3)24-17(15)19-8-18-16/h4-6,8,21H,7H2,1-3H3,(H,20,22). The molecule has 0 bridgehead atoms. The Morgan fingerprint density at radius 3 is 2.88 bits per heavy atom. The highest BCUT2D eigenvalue weighted by Gasteiger charge is 2.14. The Bertz CT molecular complexity index is 922. The topological polar surface area (TPSA) is 75.1 Å². The average Bonchev–Trinajstić information content (AvgIpc) is 2.84. The molecule has 1 amide bonds. The molecule has 0 spiro atoms. The molecule has 2 heterocycles. The van der Waals surface area contributed by atoms with E-state index in [2.05, 4.69) is 22.2 Å². The number of phenolic OH excluding ortho intramolecular Hbond substituents is 1. The summed E-state index contributed by atoms with van der Waals surface area (Å²) in [5, 5.41) is 14.4. The van der Waals surface area contributed by atoms with Crippen LogP contribution in [-0.4, -0.2) is 26.7 Å². The van der Waals surface area contributed by atoms with E-state index in [1.54, 1.807) is 29.5 Å². The predicted molar refractivity (Wildman–Crippen MR) is 99.1 cm³/mol. The van der Waals surface area contributed by atoms with Gasteiger partial charge in [0, 0.05) is 10.3 Å². The second-order valence-corrected chi connectivity index (χ2v) is 7.67. The number of aromatic nitrogens is 2. The number of carbonyl (C=O) groups is 1. The molecule has 24 heavy (non-hydrogen) atoms. The van der Waals surface area contributed by atoms with Crippen LogP contribution in [0.3, 0.4) is 0 Å². The van der Waals surface area contributed by atoms with Crippen molar-refractivity contribution in [1.29, 1.82) is 0 Å². The van der Waals surface area contributed by atoms with Gasteiger partial charge in [0.25, 0.3) is 0 Å². The van der Waals surface area contributed by atoms with Gasteiger partial charge in [0.2, 0.25) is 5.91 Å². The average molecular weight is 359 g/mol. The Kier molecular flexibility index (Phi) is 4.73. The number of aromatic hydroxyl groups is 1. The zero-order valence-electron chi connectivity index (χ0n) is 13.6. The molecule has 3 aromatic rings. The number of thioether (sulfide) groups is 1. The van der Waals surface area contributed by atoms with Gasteiger partial charge < -0.3 is 10.4 Å². The zero-order chi connectivity index (χ0) is 17.3. The van der Waals surface area contributed by atoms with Gasteiger partial charge in [0.15, 0.2) is 0 Å². The first kappa shape index (κ1) is 16.7. The smallest absolute Gasteiger partial charge is 0.234 e. The summed E-state index contributed by atoms with van der Waals surface area (Å²) in [5.74, 6) is 0.0957. The van der Waals surface area contributed by atoms with Gasteiger partial charge in [-0.3, -0.25) is 4.79 Å². The number of fused-ring (bicyclic) bond motifs is 1. The number of anilines is 1. The minimum Gasteiger partial charge on any atom is -0.506 e. The highest BCUT2D eigenvalue weighted by Crippen LogP contribution is 2.34. The van der Waals surface area contributed by atoms with Crippen LogP contribution in [-0.2, 0) is 4.79 Å². The van der Waals surface area contributed by atoms with Crippen molar-refractivity contribution in [2.45, 2.75) is 25.8 Å². The maximum absolute atomic E-state index is 12.2. The van der Waals surface area contributed by atoms with E-state index in [4.69, 9.17) is 0 Å². The molecule has 0 saturated heterocycles. The number of nitrogens with zero attached hydrogens (tertiary/aromatic N) is 2. The largest absolute Gasteiger partial charge is 0.506 e. The van der Waals surface area contributed by atoms with Crippen molar-refractivity contribution in [1.82, 2.24) is 9.97 Å². The quantitative estimate of drug-likeness (QED) is 0.417. The van der Waals surface area contributed by atoms with Crippen LogP contribution in [0, 0.1) is 20.8 Å². The fourth-order valence-electron chi connectivity index (χ4n) is 2.33. The number of nitrogens with one attached hydrogen (secondary N) is 1. The normalized spacial score (nSPS) is 11.0. The lowest BCUT2D eigenvalue weighted by Gasteiger charge is -2.08. The van der Waals surface area contributed by atoms with Gasteiger partial charge in [-0.2, -0.15) is 0 Å². The molecule has 3 rings (SSSR count). The molecular weight excluding hydrogens is 342 g/mol. The molecule has 0 aliphatic rings. The Morgan fingerprint density at radius 1 is 1.29 bits per heavy atom. The van der Waals surface area contributed by atoms with Gasteiger partial charge in [-0.1, -0.05) is 17.8 Å². The van der Waals surface area contributed by atoms with Crippen molar-refractivity contribution in [3.8, 4) is 5.75 Å². The second-order valence-electron chi connectivity index (χ2n) is 5.50. The minimum absolute atomic E-state index is 0.0627. The summed E-state index contributed by atoms with van der Waals surface area (Å²) in [6.45, 7) is 6.01. The molecule has 0 unspecified atom stereocenters. The molecule has 0 fully saturated rings. The highest BCUT2D eigenvalue weighted by molar-refractivity contribution is 8.00. The fourth-order valence-corrected chi connectivity index (χ4v) is 4.25. The summed E-state index contributed by atoms with van der Waals surface area (Å²) in [7, 11) is 0. The van der Waals surface area contributed by atoms with Crippen LogP contribution in [0.5, 0.6) is 5.75 Å². The lowest BCUT2D eigenvalue weighted by molar-refractivity contribution is -0.113. The van der Waals surface area contributed by atoms with Crippen LogP contribution in [0.1, 0.15) is 16.0 Å². The third-order valence-electron chi connectivity index (χ3n) is 3.70. The monoisotopic (exact) mass is 359 g/mol. The molecule has 7 heteroatoms. The number of carbonyl (C=O) groups excluding carboxylic acids is 1. The zero-order valence-corrected chi connectivity index (χ0v) is 15.2. The van der Waals surface area contributed by atoms with E-state index in [0.717, 1.165) is 26.4 Å². The molecule has 0 aliphatic carbocycles. The molecule has 0 aliphatic heterocycles. The Hall–Kier alpha value is -2.12. The predicted octanol–water partition coefficient (Wildman–Crippen LogP) is 4.05. The summed E-state index contributed by atoms with van der Waals surface area (Å²) in [4.78, 5) is 23.0. The number of hydrogen-bond donors (Lipinski definition) is 2. The minimum atomic E-state index is -0.183. The number of thiophene rings is 1. The summed E-state index contributed by atoms with van der Waals surface area (Å²) >= 11 is 3.01. The lowest BCUT2D eigenvalue weighted by atomic mass is 10.2. The Labute approximate surface area is 148 Å². The van der Waals surface area contributed by atoms with Gasteiger partial charge in [-0.25, -0.2) is 9.97 Å². The van der Waals surface area contributed by atoms with E-state index in [1.807, 2.05) is 13.8 Å². The maximum atomic E-state index is 12.2. The first-order valence-electron chi connectivity index (χ1n) is 7.38. The summed E-state index contributed by atoms with van der Waals surface area (Å²) in [6.07, 6.45) is 1.53. The number of rotatable bonds is 4. The Morgan fingerprint density at radius 2 is 2.08 bits per heavy atom. The Balaban J connectivity index is 1.74. The van der Waals surface area contributed by atoms with Crippen LogP contribution < -0.4 is 5.32 Å². The molecule has 0 saturated carbocycles. The van der Waals surface area contributed by atoms with Gasteiger partial charge in [-0.15, -0.1) is 11.3 Å². The second kappa shape index (κ2) is 6.78. The van der Waals surface area contributed by atoms with E-state index in [-0.39, 0.29) is 17.4 Å². The number of phenols is 1. The maximum Gasteiger partial charge on any atom is 0.234 e. The molecule has 1 aromatic carbocycles. The molecule has 0 atom stereocenters. The van der Waals surface area contributed by atoms with Crippen LogP contribution >= 0.6 is 23.1 Å². The van der Waals surface area contributed by atoms with E-state index in [0.29, 0.717) is 5.69 Å². The van der Waals surface area contributed by atoms with Crippen molar-refractivity contribution >= 4 is 44.9 Å². The van der Waals surface area contributed by atoms with Gasteiger partial charge in [0.05, 0.1) is 11.4 Å². The number of hydrogen-bond acceptors (Lipinski definition) is 6. The first-order valence-corrected chi connectivity index (χ1v) is 9.19. The van der Waals surface area contributed by atoms with Crippen molar-refractivity contribution in [3.63, 3.8) is 0 Å². The fraction of sp³-hybridized carbons (Fsp3) is 0.235. The first-order chi connectivity index (χ1) is 11.5. The SMILES string of the molecule is Cc1ccc(O)c(NC(=O)CSc2ncnc3sc(C)c(C)c23)c1. The number of aryl methyl sites for hydroxylation is 3. The molecule has 2 N–H and O–H groups in total. The molecule has 0 radical (unpaired) electrons. The highest BCUT2D eigenvalue weighted by atomic mass is 32.2. The van der Waals surface area contributed by atoms with Crippen molar-refractivity contribution in [2.75, 3.05) is 11.1 Å². The molecular formula is C17H17N3O2S2. The lowest BCUT2D eigenvalue weighted by Crippen LogP contribution is -2.14. The summed E-state index contributed by atoms with van der Waals surface area (Å²) in [6, 6.07) is 5.11. The van der Waals surface area contributed by atoms with Crippen LogP contribution in [0.4, 0.5) is 5.69 Å². The van der Waals surface area contributed by atoms with Gasteiger partial charge in [-0.05, 0) is 44.0 Å². The third-order valence-corrected chi connectivity index (χ3v) is 5.80. The molecule has 2 aromatic heterocycles. The van der Waals surface area contributed by atoms with Crippen molar-refractivity contribution in [3.05, 3.63) is 40.5 Å². The number of amides is 1.